The minimum Gasteiger partial charge on any atom is -0.508 e. The van der Waals surface area contributed by atoms with E-state index in [1.807, 2.05) is 0 Å². The van der Waals surface area contributed by atoms with E-state index in [4.69, 9.17) is 4.74 Å². The van der Waals surface area contributed by atoms with Crippen LogP contribution in [-0.4, -0.2) is 23.5 Å². The molecule has 0 heterocycles. The Balaban J connectivity index is 2.50. The Hall–Kier alpha value is -1.84. The predicted molar refractivity (Wildman–Crippen MR) is 58.3 cm³/mol. The minimum absolute atomic E-state index is 0.0435. The third-order valence-electron chi connectivity index (χ3n) is 2.03. The number of esters is 1. The van der Waals surface area contributed by atoms with E-state index >= 15 is 0 Å². The average Bonchev–Trinajstić information content (AvgIpc) is 2.26. The number of benzene rings is 1. The molecule has 4 nitrogen and oxygen atoms in total. The molecular formula is C12H14O4. The Bertz CT molecular complexity index is 384. The summed E-state index contributed by atoms with van der Waals surface area (Å²) in [6.45, 7) is 2.04. The number of hydrogen-bond acceptors (Lipinski definition) is 4. The molecule has 0 fully saturated rings. The highest BCUT2D eigenvalue weighted by molar-refractivity contribution is 5.97. The maximum atomic E-state index is 11.6. The number of ether oxygens (including phenoxy) is 1. The Kier molecular flexibility index (Phi) is 4.51. The fourth-order valence-corrected chi connectivity index (χ4v) is 1.27. The van der Waals surface area contributed by atoms with E-state index in [0.29, 0.717) is 12.2 Å². The predicted octanol–water partition coefficient (Wildman–Crippen LogP) is 1.92. The summed E-state index contributed by atoms with van der Waals surface area (Å²) >= 11 is 0. The second-order valence-electron chi connectivity index (χ2n) is 3.28. The Morgan fingerprint density at radius 2 is 2.06 bits per heavy atom. The molecule has 1 N–H and O–H groups in total. The van der Waals surface area contributed by atoms with Crippen LogP contribution in [0.3, 0.4) is 0 Å². The van der Waals surface area contributed by atoms with Crippen molar-refractivity contribution in [2.45, 2.75) is 19.8 Å². The molecule has 0 spiro atoms. The molecular weight excluding hydrogens is 208 g/mol. The number of hydrogen-bond donors (Lipinski definition) is 1. The van der Waals surface area contributed by atoms with Crippen LogP contribution in [0.25, 0.3) is 0 Å². The SMILES string of the molecule is CCOC(=O)CCC(=O)c1cccc(O)c1. The van der Waals surface area contributed by atoms with Gasteiger partial charge in [0.15, 0.2) is 5.78 Å². The van der Waals surface area contributed by atoms with Crippen molar-refractivity contribution < 1.29 is 19.4 Å². The fraction of sp³-hybridized carbons (Fsp3) is 0.333. The molecule has 1 rings (SSSR count). The largest absolute Gasteiger partial charge is 0.508 e. The van der Waals surface area contributed by atoms with Crippen molar-refractivity contribution in [2.75, 3.05) is 6.61 Å². The summed E-state index contributed by atoms with van der Waals surface area (Å²) in [6, 6.07) is 6.07. The van der Waals surface area contributed by atoms with Crippen LogP contribution in [0.2, 0.25) is 0 Å². The van der Waals surface area contributed by atoms with Crippen LogP contribution in [0.5, 0.6) is 5.75 Å². The molecule has 1 aromatic rings. The van der Waals surface area contributed by atoms with Gasteiger partial charge in [-0.25, -0.2) is 0 Å². The topological polar surface area (TPSA) is 63.6 Å². The summed E-state index contributed by atoms with van der Waals surface area (Å²) in [4.78, 5) is 22.6. The molecule has 0 saturated heterocycles. The first-order chi connectivity index (χ1) is 7.63. The van der Waals surface area contributed by atoms with Gasteiger partial charge in [-0.05, 0) is 19.1 Å². The van der Waals surface area contributed by atoms with Crippen molar-refractivity contribution in [2.24, 2.45) is 0 Å². The first-order valence-electron chi connectivity index (χ1n) is 5.11. The molecule has 86 valence electrons. The van der Waals surface area contributed by atoms with Gasteiger partial charge in [-0.1, -0.05) is 12.1 Å². The summed E-state index contributed by atoms with van der Waals surface area (Å²) in [5.41, 5.74) is 0.407. The molecule has 0 unspecified atom stereocenters. The lowest BCUT2D eigenvalue weighted by Gasteiger charge is -2.02. The second-order valence-corrected chi connectivity index (χ2v) is 3.28. The van der Waals surface area contributed by atoms with Gasteiger partial charge >= 0.3 is 5.97 Å². The maximum Gasteiger partial charge on any atom is 0.306 e. The molecule has 0 atom stereocenters. The van der Waals surface area contributed by atoms with Crippen LogP contribution in [0.1, 0.15) is 30.1 Å². The molecule has 0 amide bonds. The molecule has 4 heteroatoms. The van der Waals surface area contributed by atoms with Gasteiger partial charge in [0.05, 0.1) is 13.0 Å². The van der Waals surface area contributed by atoms with E-state index < -0.39 is 0 Å². The van der Waals surface area contributed by atoms with E-state index in [9.17, 15) is 14.7 Å². The van der Waals surface area contributed by atoms with Crippen molar-refractivity contribution in [1.29, 1.82) is 0 Å². The molecule has 0 saturated carbocycles. The first kappa shape index (κ1) is 12.2. The van der Waals surface area contributed by atoms with E-state index in [0.717, 1.165) is 0 Å². The number of phenols is 1. The zero-order valence-electron chi connectivity index (χ0n) is 9.10. The van der Waals surface area contributed by atoms with Gasteiger partial charge < -0.3 is 9.84 Å². The standard InChI is InChI=1S/C12H14O4/c1-2-16-12(15)7-6-11(14)9-4-3-5-10(13)8-9/h3-5,8,13H,2,6-7H2,1H3. The molecule has 0 radical (unpaired) electrons. The van der Waals surface area contributed by atoms with Crippen molar-refractivity contribution in [1.82, 2.24) is 0 Å². The van der Waals surface area contributed by atoms with Crippen LogP contribution in [0.15, 0.2) is 24.3 Å². The average molecular weight is 222 g/mol. The van der Waals surface area contributed by atoms with Crippen LogP contribution in [0, 0.1) is 0 Å². The number of rotatable bonds is 5. The zero-order chi connectivity index (χ0) is 12.0. The van der Waals surface area contributed by atoms with Crippen LogP contribution < -0.4 is 0 Å². The minimum atomic E-state index is -0.379. The van der Waals surface area contributed by atoms with E-state index in [2.05, 4.69) is 0 Å². The van der Waals surface area contributed by atoms with E-state index in [1.165, 1.54) is 12.1 Å². The van der Waals surface area contributed by atoms with Crippen molar-refractivity contribution in [3.63, 3.8) is 0 Å². The van der Waals surface area contributed by atoms with E-state index in [1.54, 1.807) is 19.1 Å². The summed E-state index contributed by atoms with van der Waals surface area (Å²) in [7, 11) is 0. The first-order valence-corrected chi connectivity index (χ1v) is 5.11. The van der Waals surface area contributed by atoms with E-state index in [-0.39, 0.29) is 30.3 Å². The number of Topliss-reactive ketones (excluding diaryl/α,β-unsaturated/α-hetero) is 1. The van der Waals surface area contributed by atoms with Gasteiger partial charge in [0.1, 0.15) is 5.75 Å². The van der Waals surface area contributed by atoms with Crippen molar-refractivity contribution >= 4 is 11.8 Å². The number of ketones is 1. The van der Waals surface area contributed by atoms with Crippen LogP contribution in [-0.2, 0) is 9.53 Å². The second kappa shape index (κ2) is 5.90. The summed E-state index contributed by atoms with van der Waals surface area (Å²) < 4.78 is 4.71. The van der Waals surface area contributed by atoms with Gasteiger partial charge in [0.2, 0.25) is 0 Å². The lowest BCUT2D eigenvalue weighted by atomic mass is 10.1. The lowest BCUT2D eigenvalue weighted by molar-refractivity contribution is -0.143. The van der Waals surface area contributed by atoms with Gasteiger partial charge in [0, 0.05) is 12.0 Å². The van der Waals surface area contributed by atoms with Crippen LogP contribution in [0.4, 0.5) is 0 Å². The Labute approximate surface area is 93.9 Å². The number of phenolic OH excluding ortho intramolecular Hbond substituents is 1. The van der Waals surface area contributed by atoms with Crippen molar-refractivity contribution in [3.05, 3.63) is 29.8 Å². The smallest absolute Gasteiger partial charge is 0.306 e. The molecule has 16 heavy (non-hydrogen) atoms. The Morgan fingerprint density at radius 1 is 1.31 bits per heavy atom. The zero-order valence-corrected chi connectivity index (χ0v) is 9.10. The highest BCUT2D eigenvalue weighted by Crippen LogP contribution is 2.13. The summed E-state index contributed by atoms with van der Waals surface area (Å²) in [5, 5.41) is 9.18. The normalized spacial score (nSPS) is 9.81. The summed E-state index contributed by atoms with van der Waals surface area (Å²) in [6.07, 6.45) is 0.171. The molecule has 0 aliphatic carbocycles. The van der Waals surface area contributed by atoms with Crippen molar-refractivity contribution in [3.8, 4) is 5.75 Å². The van der Waals surface area contributed by atoms with Gasteiger partial charge in [-0.3, -0.25) is 9.59 Å². The van der Waals surface area contributed by atoms with Crippen LogP contribution >= 0.6 is 0 Å². The number of aromatic hydroxyl groups is 1. The molecule has 0 aliphatic heterocycles. The maximum absolute atomic E-state index is 11.6. The molecule has 0 aromatic heterocycles. The quantitative estimate of drug-likeness (QED) is 0.610. The number of carbonyl (C=O) groups is 2. The highest BCUT2D eigenvalue weighted by Gasteiger charge is 2.10. The molecule has 1 aromatic carbocycles. The van der Waals surface area contributed by atoms with Gasteiger partial charge in [-0.15, -0.1) is 0 Å². The molecule has 0 aliphatic rings. The molecule has 0 bridgehead atoms. The number of carbonyl (C=O) groups excluding carboxylic acids is 2. The summed E-state index contributed by atoms with van der Waals surface area (Å²) in [5.74, 6) is -0.512. The van der Waals surface area contributed by atoms with Gasteiger partial charge in [-0.2, -0.15) is 0 Å². The highest BCUT2D eigenvalue weighted by atomic mass is 16.5. The lowest BCUT2D eigenvalue weighted by Crippen LogP contribution is -2.07. The monoisotopic (exact) mass is 222 g/mol. The third-order valence-corrected chi connectivity index (χ3v) is 2.03. The Morgan fingerprint density at radius 3 is 2.69 bits per heavy atom. The van der Waals surface area contributed by atoms with Gasteiger partial charge in [0.25, 0.3) is 0 Å². The fourth-order valence-electron chi connectivity index (χ4n) is 1.27. The third kappa shape index (κ3) is 3.73.